The van der Waals surface area contributed by atoms with Gasteiger partial charge in [-0.3, -0.25) is 4.79 Å². The predicted molar refractivity (Wildman–Crippen MR) is 86.0 cm³/mol. The zero-order valence-corrected chi connectivity index (χ0v) is 14.2. The van der Waals surface area contributed by atoms with Crippen molar-refractivity contribution in [2.45, 2.75) is 65.0 Å². The molecule has 0 spiro atoms. The molecule has 1 aliphatic carbocycles. The Morgan fingerprint density at radius 1 is 1.35 bits per heavy atom. The van der Waals surface area contributed by atoms with E-state index in [-0.39, 0.29) is 11.9 Å². The minimum absolute atomic E-state index is 0.0592. The van der Waals surface area contributed by atoms with E-state index in [1.54, 1.807) is 0 Å². The molecule has 0 radical (unpaired) electrons. The fraction of sp³-hybridized carbons (Fsp3) is 0.688. The monoisotopic (exact) mass is 340 g/mol. The molecule has 3 nitrogen and oxygen atoms in total. The van der Waals surface area contributed by atoms with E-state index in [0.29, 0.717) is 6.04 Å². The van der Waals surface area contributed by atoms with Gasteiger partial charge < -0.3 is 9.88 Å². The normalized spacial score (nSPS) is 23.6. The lowest BCUT2D eigenvalue weighted by molar-refractivity contribution is 0.0922. The number of halogens is 1. The number of hydrogen-bond donors (Lipinski definition) is 1. The standard InChI is InChI=1S/C16H25BrN2O/c1-11(2)19-10-13(17)9-15(19)16(20)18-14-6-4-5-12(3)7-8-14/h9-12,14H,4-8H2,1-3H3,(H,18,20). The second-order valence-electron chi connectivity index (χ2n) is 6.33. The Hall–Kier alpha value is -0.770. The first-order valence-electron chi connectivity index (χ1n) is 7.65. The van der Waals surface area contributed by atoms with Crippen molar-refractivity contribution in [1.29, 1.82) is 0 Å². The van der Waals surface area contributed by atoms with Crippen molar-refractivity contribution in [3.8, 4) is 0 Å². The Bertz CT molecular complexity index is 467. The highest BCUT2D eigenvalue weighted by atomic mass is 79.9. The molecule has 0 aliphatic heterocycles. The topological polar surface area (TPSA) is 34.0 Å². The van der Waals surface area contributed by atoms with Gasteiger partial charge in [-0.15, -0.1) is 0 Å². The van der Waals surface area contributed by atoms with E-state index in [2.05, 4.69) is 42.0 Å². The maximum Gasteiger partial charge on any atom is 0.268 e. The Balaban J connectivity index is 2.04. The van der Waals surface area contributed by atoms with Gasteiger partial charge in [0.05, 0.1) is 0 Å². The fourth-order valence-electron chi connectivity index (χ4n) is 2.95. The highest BCUT2D eigenvalue weighted by Crippen LogP contribution is 2.24. The minimum Gasteiger partial charge on any atom is -0.348 e. The third-order valence-electron chi connectivity index (χ3n) is 4.20. The van der Waals surface area contributed by atoms with E-state index in [0.717, 1.165) is 28.9 Å². The van der Waals surface area contributed by atoms with E-state index in [1.165, 1.54) is 19.3 Å². The molecule has 1 heterocycles. The fourth-order valence-corrected chi connectivity index (χ4v) is 3.38. The van der Waals surface area contributed by atoms with Gasteiger partial charge in [0.2, 0.25) is 0 Å². The highest BCUT2D eigenvalue weighted by Gasteiger charge is 2.21. The number of nitrogens with one attached hydrogen (secondary N) is 1. The number of carbonyl (C=O) groups excluding carboxylic acids is 1. The van der Waals surface area contributed by atoms with Crippen molar-refractivity contribution >= 4 is 21.8 Å². The molecule has 2 rings (SSSR count). The summed E-state index contributed by atoms with van der Waals surface area (Å²) >= 11 is 3.46. The van der Waals surface area contributed by atoms with Crippen LogP contribution in [0.4, 0.5) is 0 Å². The largest absolute Gasteiger partial charge is 0.348 e. The summed E-state index contributed by atoms with van der Waals surface area (Å²) in [5.74, 6) is 0.856. The van der Waals surface area contributed by atoms with Crippen LogP contribution >= 0.6 is 15.9 Å². The molecule has 2 atom stereocenters. The second-order valence-corrected chi connectivity index (χ2v) is 7.24. The second kappa shape index (κ2) is 6.79. The Morgan fingerprint density at radius 3 is 2.80 bits per heavy atom. The number of amides is 1. The molecule has 1 amide bonds. The maximum absolute atomic E-state index is 12.5. The third kappa shape index (κ3) is 3.87. The third-order valence-corrected chi connectivity index (χ3v) is 4.63. The summed E-state index contributed by atoms with van der Waals surface area (Å²) in [4.78, 5) is 12.5. The molecule has 1 N–H and O–H groups in total. The molecular weight excluding hydrogens is 316 g/mol. The van der Waals surface area contributed by atoms with Crippen LogP contribution in [0.3, 0.4) is 0 Å². The van der Waals surface area contributed by atoms with Gasteiger partial charge in [0, 0.05) is 22.8 Å². The smallest absolute Gasteiger partial charge is 0.268 e. The van der Waals surface area contributed by atoms with Crippen LogP contribution in [0.1, 0.15) is 69.4 Å². The van der Waals surface area contributed by atoms with Crippen molar-refractivity contribution in [2.24, 2.45) is 5.92 Å². The van der Waals surface area contributed by atoms with E-state index in [4.69, 9.17) is 0 Å². The lowest BCUT2D eigenvalue weighted by Crippen LogP contribution is -2.35. The molecule has 1 saturated carbocycles. The van der Waals surface area contributed by atoms with Gasteiger partial charge in [-0.05, 0) is 61.0 Å². The quantitative estimate of drug-likeness (QED) is 0.805. The molecule has 4 heteroatoms. The molecule has 1 aromatic rings. The average molecular weight is 341 g/mol. The van der Waals surface area contributed by atoms with Crippen LogP contribution in [-0.4, -0.2) is 16.5 Å². The zero-order valence-electron chi connectivity index (χ0n) is 12.7. The summed E-state index contributed by atoms with van der Waals surface area (Å²) in [6.07, 6.45) is 7.94. The van der Waals surface area contributed by atoms with E-state index < -0.39 is 0 Å². The number of nitrogens with zero attached hydrogens (tertiary/aromatic N) is 1. The van der Waals surface area contributed by atoms with Crippen LogP contribution in [0.2, 0.25) is 0 Å². The summed E-state index contributed by atoms with van der Waals surface area (Å²) in [6, 6.07) is 2.53. The first-order valence-corrected chi connectivity index (χ1v) is 8.45. The van der Waals surface area contributed by atoms with Gasteiger partial charge in [0.15, 0.2) is 0 Å². The van der Waals surface area contributed by atoms with Crippen LogP contribution in [-0.2, 0) is 0 Å². The van der Waals surface area contributed by atoms with Gasteiger partial charge in [-0.2, -0.15) is 0 Å². The molecular formula is C16H25BrN2O. The summed E-state index contributed by atoms with van der Waals surface area (Å²) in [7, 11) is 0. The van der Waals surface area contributed by atoms with Crippen molar-refractivity contribution in [3.63, 3.8) is 0 Å². The minimum atomic E-state index is 0.0592. The van der Waals surface area contributed by atoms with E-state index in [1.807, 2.05) is 16.8 Å². The van der Waals surface area contributed by atoms with Crippen molar-refractivity contribution in [3.05, 3.63) is 22.4 Å². The van der Waals surface area contributed by atoms with Crippen LogP contribution < -0.4 is 5.32 Å². The Labute approximate surface area is 130 Å². The summed E-state index contributed by atoms with van der Waals surface area (Å²) in [6.45, 7) is 6.50. The van der Waals surface area contributed by atoms with Crippen molar-refractivity contribution < 1.29 is 4.79 Å². The average Bonchev–Trinajstić information content (AvgIpc) is 2.67. The highest BCUT2D eigenvalue weighted by molar-refractivity contribution is 9.10. The van der Waals surface area contributed by atoms with Gasteiger partial charge in [0.25, 0.3) is 5.91 Å². The summed E-state index contributed by atoms with van der Waals surface area (Å²) in [5.41, 5.74) is 0.754. The van der Waals surface area contributed by atoms with Gasteiger partial charge in [-0.1, -0.05) is 19.8 Å². The van der Waals surface area contributed by atoms with Gasteiger partial charge in [0.1, 0.15) is 5.69 Å². The van der Waals surface area contributed by atoms with E-state index in [9.17, 15) is 4.79 Å². The first-order chi connectivity index (χ1) is 9.47. The van der Waals surface area contributed by atoms with Crippen molar-refractivity contribution in [1.82, 2.24) is 9.88 Å². The molecule has 1 fully saturated rings. The zero-order chi connectivity index (χ0) is 14.7. The Morgan fingerprint density at radius 2 is 2.10 bits per heavy atom. The van der Waals surface area contributed by atoms with E-state index >= 15 is 0 Å². The van der Waals surface area contributed by atoms with Crippen LogP contribution in [0.15, 0.2) is 16.7 Å². The van der Waals surface area contributed by atoms with Gasteiger partial charge in [-0.25, -0.2) is 0 Å². The first kappa shape index (κ1) is 15.6. The lowest BCUT2D eigenvalue weighted by Gasteiger charge is -2.18. The molecule has 0 aromatic carbocycles. The molecule has 20 heavy (non-hydrogen) atoms. The summed E-state index contributed by atoms with van der Waals surface area (Å²) in [5, 5.41) is 3.22. The number of hydrogen-bond acceptors (Lipinski definition) is 1. The van der Waals surface area contributed by atoms with Crippen molar-refractivity contribution in [2.75, 3.05) is 0 Å². The lowest BCUT2D eigenvalue weighted by atomic mass is 10.0. The number of rotatable bonds is 3. The molecule has 1 aliphatic rings. The maximum atomic E-state index is 12.5. The van der Waals surface area contributed by atoms with Gasteiger partial charge >= 0.3 is 0 Å². The Kier molecular flexibility index (Phi) is 5.30. The van der Waals surface area contributed by atoms with Crippen LogP contribution in [0.5, 0.6) is 0 Å². The van der Waals surface area contributed by atoms with Crippen LogP contribution in [0, 0.1) is 5.92 Å². The molecule has 0 bridgehead atoms. The number of carbonyl (C=O) groups is 1. The molecule has 112 valence electrons. The molecule has 1 aromatic heterocycles. The predicted octanol–water partition coefficient (Wildman–Crippen LogP) is 4.53. The number of aromatic nitrogens is 1. The molecule has 2 unspecified atom stereocenters. The molecule has 0 saturated heterocycles. The summed E-state index contributed by atoms with van der Waals surface area (Å²) < 4.78 is 2.99. The van der Waals surface area contributed by atoms with Crippen LogP contribution in [0.25, 0.3) is 0 Å². The SMILES string of the molecule is CC1CCCC(NC(=O)c2cc(Br)cn2C(C)C)CC1.